The molecule has 0 aromatic carbocycles. The van der Waals surface area contributed by atoms with Gasteiger partial charge in [0.15, 0.2) is 0 Å². The van der Waals surface area contributed by atoms with E-state index in [9.17, 15) is 9.59 Å². The van der Waals surface area contributed by atoms with E-state index in [0.717, 1.165) is 0 Å². The minimum absolute atomic E-state index is 0.0499. The molecule has 0 atom stereocenters. The number of carbonyl (C=O) groups excluding carboxylic acids is 2. The molecule has 0 aromatic heterocycles. The molecule has 0 heterocycles. The molecule has 0 bridgehead atoms. The molecule has 0 N–H and O–H groups in total. The van der Waals surface area contributed by atoms with Crippen LogP contribution in [-0.4, -0.2) is 51.6 Å². The van der Waals surface area contributed by atoms with Gasteiger partial charge in [0.2, 0.25) is 0 Å². The largest absolute Gasteiger partial charge is 0.464 e. The van der Waals surface area contributed by atoms with Crippen LogP contribution in [0.4, 0.5) is 0 Å². The lowest BCUT2D eigenvalue weighted by Crippen LogP contribution is -2.15. The molecule has 100 valence electrons. The van der Waals surface area contributed by atoms with Gasteiger partial charge in [-0.2, -0.15) is 0 Å². The van der Waals surface area contributed by atoms with Crippen molar-refractivity contribution in [3.05, 3.63) is 0 Å². The Kier molecular flexibility index (Phi) is 10.6. The van der Waals surface area contributed by atoms with Crippen LogP contribution in [-0.2, 0) is 28.5 Å². The zero-order valence-corrected chi connectivity index (χ0v) is 10.4. The molecular formula is C11H20O6. The first-order valence-electron chi connectivity index (χ1n) is 5.67. The first-order valence-corrected chi connectivity index (χ1v) is 5.67. The van der Waals surface area contributed by atoms with Crippen LogP contribution in [0, 0.1) is 0 Å². The van der Waals surface area contributed by atoms with Gasteiger partial charge < -0.3 is 18.9 Å². The van der Waals surface area contributed by atoms with E-state index in [1.807, 2.05) is 0 Å². The zero-order valence-electron chi connectivity index (χ0n) is 10.4. The summed E-state index contributed by atoms with van der Waals surface area (Å²) >= 11 is 0. The molecule has 0 unspecified atom stereocenters. The normalized spacial score (nSPS) is 10.0. The Hall–Kier alpha value is -1.14. The van der Waals surface area contributed by atoms with Gasteiger partial charge in [-0.15, -0.1) is 0 Å². The first kappa shape index (κ1) is 15.9. The number of hydrogen-bond acceptors (Lipinski definition) is 6. The Labute approximate surface area is 101 Å². The molecule has 0 saturated carbocycles. The van der Waals surface area contributed by atoms with Crippen LogP contribution in [0.15, 0.2) is 0 Å². The predicted octanol–water partition coefficient (Wildman–Crippen LogP) is 0.536. The Bertz CT molecular complexity index is 194. The second-order valence-electron chi connectivity index (χ2n) is 3.07. The fraction of sp³-hybridized carbons (Fsp3) is 0.818. The highest BCUT2D eigenvalue weighted by Gasteiger charge is 2.02. The van der Waals surface area contributed by atoms with Crippen molar-refractivity contribution in [1.29, 1.82) is 0 Å². The van der Waals surface area contributed by atoms with Crippen molar-refractivity contribution in [2.75, 3.05) is 39.6 Å². The molecule has 0 spiro atoms. The lowest BCUT2D eigenvalue weighted by atomic mass is 10.5. The zero-order chi connectivity index (χ0) is 12.9. The van der Waals surface area contributed by atoms with Gasteiger partial charge in [0.05, 0.1) is 13.2 Å². The maximum atomic E-state index is 10.9. The van der Waals surface area contributed by atoms with Gasteiger partial charge in [-0.1, -0.05) is 0 Å². The van der Waals surface area contributed by atoms with E-state index in [2.05, 4.69) is 9.47 Å². The van der Waals surface area contributed by atoms with Gasteiger partial charge in [0.25, 0.3) is 0 Å². The molecule has 0 radical (unpaired) electrons. The van der Waals surface area contributed by atoms with Gasteiger partial charge in [-0.3, -0.25) is 0 Å². The van der Waals surface area contributed by atoms with Gasteiger partial charge in [0, 0.05) is 13.2 Å². The monoisotopic (exact) mass is 248 g/mol. The SMILES string of the molecule is CCOC(=O)COCCCOCC(=O)OCC. The third-order valence-electron chi connectivity index (χ3n) is 1.63. The lowest BCUT2D eigenvalue weighted by molar-refractivity contribution is -0.148. The molecule has 0 fully saturated rings. The standard InChI is InChI=1S/C11H20O6/c1-3-16-10(12)8-14-6-5-7-15-9-11(13)17-4-2/h3-9H2,1-2H3. The minimum atomic E-state index is -0.375. The number of carbonyl (C=O) groups is 2. The summed E-state index contributed by atoms with van der Waals surface area (Å²) in [5.41, 5.74) is 0. The fourth-order valence-corrected chi connectivity index (χ4v) is 0.979. The quantitative estimate of drug-likeness (QED) is 0.415. The van der Waals surface area contributed by atoms with E-state index in [4.69, 9.17) is 9.47 Å². The van der Waals surface area contributed by atoms with Crippen molar-refractivity contribution in [1.82, 2.24) is 0 Å². The maximum Gasteiger partial charge on any atom is 0.332 e. The van der Waals surface area contributed by atoms with Gasteiger partial charge in [-0.05, 0) is 20.3 Å². The van der Waals surface area contributed by atoms with E-state index >= 15 is 0 Å². The second kappa shape index (κ2) is 11.3. The topological polar surface area (TPSA) is 71.1 Å². The number of rotatable bonds is 10. The van der Waals surface area contributed by atoms with E-state index < -0.39 is 0 Å². The van der Waals surface area contributed by atoms with Crippen LogP contribution in [0.2, 0.25) is 0 Å². The van der Waals surface area contributed by atoms with Crippen LogP contribution >= 0.6 is 0 Å². The number of ether oxygens (including phenoxy) is 4. The van der Waals surface area contributed by atoms with Gasteiger partial charge >= 0.3 is 11.9 Å². The Morgan fingerprint density at radius 2 is 1.24 bits per heavy atom. The van der Waals surface area contributed by atoms with Crippen LogP contribution in [0.5, 0.6) is 0 Å². The van der Waals surface area contributed by atoms with E-state index in [1.54, 1.807) is 13.8 Å². The molecule has 0 aliphatic carbocycles. The lowest BCUT2D eigenvalue weighted by Gasteiger charge is -2.05. The molecule has 0 amide bonds. The van der Waals surface area contributed by atoms with E-state index in [-0.39, 0.29) is 25.2 Å². The number of esters is 2. The summed E-state index contributed by atoms with van der Waals surface area (Å²) in [4.78, 5) is 21.7. The Balaban J connectivity index is 3.18. The third kappa shape index (κ3) is 11.1. The summed E-state index contributed by atoms with van der Waals surface area (Å²) in [7, 11) is 0. The minimum Gasteiger partial charge on any atom is -0.464 e. The van der Waals surface area contributed by atoms with Crippen molar-refractivity contribution < 1.29 is 28.5 Å². The van der Waals surface area contributed by atoms with Crippen LogP contribution in [0.3, 0.4) is 0 Å². The fourth-order valence-electron chi connectivity index (χ4n) is 0.979. The van der Waals surface area contributed by atoms with Crippen LogP contribution < -0.4 is 0 Å². The van der Waals surface area contributed by atoms with E-state index in [0.29, 0.717) is 32.8 Å². The molecule has 17 heavy (non-hydrogen) atoms. The summed E-state index contributed by atoms with van der Waals surface area (Å²) in [5.74, 6) is -0.750. The second-order valence-corrected chi connectivity index (χ2v) is 3.07. The maximum absolute atomic E-state index is 10.9. The predicted molar refractivity (Wildman–Crippen MR) is 59.5 cm³/mol. The summed E-state index contributed by atoms with van der Waals surface area (Å²) in [6.45, 7) is 4.86. The van der Waals surface area contributed by atoms with Crippen molar-refractivity contribution in [2.45, 2.75) is 20.3 Å². The smallest absolute Gasteiger partial charge is 0.332 e. The molecule has 0 aliphatic rings. The van der Waals surface area contributed by atoms with Crippen molar-refractivity contribution >= 4 is 11.9 Å². The third-order valence-corrected chi connectivity index (χ3v) is 1.63. The highest BCUT2D eigenvalue weighted by molar-refractivity contribution is 5.70. The average molecular weight is 248 g/mol. The first-order chi connectivity index (χ1) is 8.20. The number of hydrogen-bond donors (Lipinski definition) is 0. The van der Waals surface area contributed by atoms with E-state index in [1.165, 1.54) is 0 Å². The molecule has 0 rings (SSSR count). The summed E-state index contributed by atoms with van der Waals surface area (Å²) in [5, 5.41) is 0. The van der Waals surface area contributed by atoms with Gasteiger partial charge in [-0.25, -0.2) is 9.59 Å². The Morgan fingerprint density at radius 1 is 0.824 bits per heavy atom. The molecule has 0 aliphatic heterocycles. The summed E-state index contributed by atoms with van der Waals surface area (Å²) < 4.78 is 19.4. The molecule has 0 saturated heterocycles. The van der Waals surface area contributed by atoms with Crippen LogP contribution in [0.25, 0.3) is 0 Å². The highest BCUT2D eigenvalue weighted by atomic mass is 16.6. The van der Waals surface area contributed by atoms with Crippen molar-refractivity contribution in [2.24, 2.45) is 0 Å². The van der Waals surface area contributed by atoms with Crippen molar-refractivity contribution in [3.8, 4) is 0 Å². The molecule has 6 heteroatoms. The van der Waals surface area contributed by atoms with Crippen LogP contribution in [0.1, 0.15) is 20.3 Å². The van der Waals surface area contributed by atoms with Crippen molar-refractivity contribution in [3.63, 3.8) is 0 Å². The molecular weight excluding hydrogens is 228 g/mol. The summed E-state index contributed by atoms with van der Waals surface area (Å²) in [6.07, 6.45) is 0.610. The highest BCUT2D eigenvalue weighted by Crippen LogP contribution is 1.88. The average Bonchev–Trinajstić information content (AvgIpc) is 2.28. The molecule has 0 aromatic rings. The Morgan fingerprint density at radius 3 is 1.59 bits per heavy atom. The van der Waals surface area contributed by atoms with Gasteiger partial charge in [0.1, 0.15) is 13.2 Å². The summed E-state index contributed by atoms with van der Waals surface area (Å²) in [6, 6.07) is 0. The molecule has 6 nitrogen and oxygen atoms in total.